The van der Waals surface area contributed by atoms with E-state index >= 15 is 0 Å². The number of halogens is 3. The van der Waals surface area contributed by atoms with Crippen molar-refractivity contribution >= 4 is 17.0 Å². The van der Waals surface area contributed by atoms with E-state index in [4.69, 9.17) is 0 Å². The van der Waals surface area contributed by atoms with Gasteiger partial charge in [-0.2, -0.15) is 13.2 Å². The lowest BCUT2D eigenvalue weighted by Gasteiger charge is -2.30. The van der Waals surface area contributed by atoms with Crippen LogP contribution in [-0.4, -0.2) is 8.76 Å². The highest BCUT2D eigenvalue weighted by Crippen LogP contribution is 2.34. The molecule has 0 radical (unpaired) electrons. The van der Waals surface area contributed by atoms with Crippen molar-refractivity contribution in [1.29, 1.82) is 0 Å². The van der Waals surface area contributed by atoms with Crippen molar-refractivity contribution in [2.75, 3.05) is 4.31 Å². The summed E-state index contributed by atoms with van der Waals surface area (Å²) in [4.78, 5) is 0. The van der Waals surface area contributed by atoms with Crippen LogP contribution in [0.3, 0.4) is 0 Å². The first-order chi connectivity index (χ1) is 13.4. The van der Waals surface area contributed by atoms with Crippen LogP contribution in [0, 0.1) is 0 Å². The standard InChI is InChI=1S/C21H18F3NO2S/c22-21(23,24)18-11-13-19(14-12-18)25(28(26)27)20(17-9-5-2-6-10-17)15-16-7-3-1-4-8-16/h1-14,20H,15H2,(H,26,27)/t20-/m1/s1. The SMILES string of the molecule is O=S(O)N(c1ccc(C(F)(F)F)cc1)[C@H](Cc1ccccc1)c1ccccc1. The third kappa shape index (κ3) is 4.79. The Kier molecular flexibility index (Phi) is 6.16. The highest BCUT2D eigenvalue weighted by molar-refractivity contribution is 7.80. The highest BCUT2D eigenvalue weighted by Gasteiger charge is 2.31. The molecular formula is C21H18F3NO2S. The van der Waals surface area contributed by atoms with Crippen LogP contribution in [0.25, 0.3) is 0 Å². The molecule has 0 fully saturated rings. The minimum absolute atomic E-state index is 0.235. The summed E-state index contributed by atoms with van der Waals surface area (Å²) in [5.41, 5.74) is 1.16. The van der Waals surface area contributed by atoms with Crippen LogP contribution in [0.5, 0.6) is 0 Å². The minimum atomic E-state index is -4.47. The van der Waals surface area contributed by atoms with Gasteiger partial charge in [-0.1, -0.05) is 60.7 Å². The molecule has 3 rings (SSSR count). The maximum absolute atomic E-state index is 12.9. The molecule has 146 valence electrons. The fourth-order valence-corrected chi connectivity index (χ4v) is 3.74. The van der Waals surface area contributed by atoms with Crippen molar-refractivity contribution in [2.45, 2.75) is 18.6 Å². The zero-order valence-corrected chi connectivity index (χ0v) is 15.5. The number of hydrogen-bond donors (Lipinski definition) is 1. The summed E-state index contributed by atoms with van der Waals surface area (Å²) in [6.07, 6.45) is -4.05. The van der Waals surface area contributed by atoms with E-state index < -0.39 is 29.0 Å². The zero-order valence-electron chi connectivity index (χ0n) is 14.7. The predicted molar refractivity (Wildman–Crippen MR) is 104 cm³/mol. The first-order valence-electron chi connectivity index (χ1n) is 8.52. The number of anilines is 1. The Morgan fingerprint density at radius 2 is 1.39 bits per heavy atom. The first kappa shape index (κ1) is 20.1. The van der Waals surface area contributed by atoms with Crippen molar-refractivity contribution in [3.63, 3.8) is 0 Å². The highest BCUT2D eigenvalue weighted by atomic mass is 32.2. The van der Waals surface area contributed by atoms with Crippen LogP contribution in [-0.2, 0) is 23.9 Å². The van der Waals surface area contributed by atoms with Gasteiger partial charge < -0.3 is 0 Å². The van der Waals surface area contributed by atoms with Crippen LogP contribution in [0.2, 0.25) is 0 Å². The van der Waals surface area contributed by atoms with E-state index in [0.717, 1.165) is 23.3 Å². The number of nitrogens with zero attached hydrogens (tertiary/aromatic N) is 1. The second-order valence-electron chi connectivity index (χ2n) is 6.22. The summed E-state index contributed by atoms with van der Waals surface area (Å²) in [7, 11) is 0. The molecule has 1 unspecified atom stereocenters. The van der Waals surface area contributed by atoms with Crippen LogP contribution >= 0.6 is 0 Å². The molecule has 28 heavy (non-hydrogen) atoms. The molecule has 0 saturated heterocycles. The summed E-state index contributed by atoms with van der Waals surface area (Å²) in [5, 5.41) is 0. The van der Waals surface area contributed by atoms with E-state index in [0.29, 0.717) is 6.42 Å². The van der Waals surface area contributed by atoms with E-state index in [1.165, 1.54) is 16.4 Å². The quantitative estimate of drug-likeness (QED) is 0.540. The van der Waals surface area contributed by atoms with E-state index in [1.54, 1.807) is 0 Å². The van der Waals surface area contributed by atoms with Gasteiger partial charge in [-0.3, -0.25) is 8.86 Å². The van der Waals surface area contributed by atoms with Crippen molar-refractivity contribution in [3.05, 3.63) is 102 Å². The van der Waals surface area contributed by atoms with Gasteiger partial charge in [-0.25, -0.2) is 4.21 Å². The maximum atomic E-state index is 12.9. The van der Waals surface area contributed by atoms with Gasteiger partial charge in [0.05, 0.1) is 17.3 Å². The lowest BCUT2D eigenvalue weighted by molar-refractivity contribution is -0.137. The third-order valence-corrected chi connectivity index (χ3v) is 5.16. The number of benzene rings is 3. The number of alkyl halides is 3. The molecule has 0 aliphatic rings. The third-order valence-electron chi connectivity index (χ3n) is 4.36. The predicted octanol–water partition coefficient (Wildman–Crippen LogP) is 5.63. The van der Waals surface area contributed by atoms with Crippen LogP contribution in [0.1, 0.15) is 22.7 Å². The summed E-state index contributed by atoms with van der Waals surface area (Å²) in [6.45, 7) is 0. The molecule has 0 aromatic heterocycles. The summed E-state index contributed by atoms with van der Waals surface area (Å²) >= 11 is -2.43. The Labute approximate surface area is 163 Å². The molecule has 0 spiro atoms. The molecule has 0 bridgehead atoms. The molecule has 0 amide bonds. The van der Waals surface area contributed by atoms with Crippen molar-refractivity contribution in [1.82, 2.24) is 0 Å². The maximum Gasteiger partial charge on any atom is 0.416 e. The van der Waals surface area contributed by atoms with Gasteiger partial charge >= 0.3 is 6.18 Å². The van der Waals surface area contributed by atoms with E-state index in [2.05, 4.69) is 0 Å². The Hall–Kier alpha value is -2.64. The van der Waals surface area contributed by atoms with Gasteiger partial charge in [0, 0.05) is 0 Å². The van der Waals surface area contributed by atoms with Crippen LogP contribution < -0.4 is 4.31 Å². The molecule has 3 aromatic rings. The minimum Gasteiger partial charge on any atom is -0.289 e. The lowest BCUT2D eigenvalue weighted by Crippen LogP contribution is -2.32. The van der Waals surface area contributed by atoms with Crippen LogP contribution in [0.4, 0.5) is 18.9 Å². The van der Waals surface area contributed by atoms with Crippen molar-refractivity contribution in [2.24, 2.45) is 0 Å². The summed E-state index contributed by atoms with van der Waals surface area (Å²) in [6, 6.07) is 22.3. The summed E-state index contributed by atoms with van der Waals surface area (Å²) < 4.78 is 62.0. The normalized spacial score (nSPS) is 13.7. The zero-order chi connectivity index (χ0) is 20.1. The van der Waals surface area contributed by atoms with Crippen molar-refractivity contribution in [3.8, 4) is 0 Å². The molecule has 0 aliphatic carbocycles. The fourth-order valence-electron chi connectivity index (χ4n) is 3.03. The monoisotopic (exact) mass is 405 g/mol. The van der Waals surface area contributed by atoms with E-state index in [1.807, 2.05) is 60.7 Å². The van der Waals surface area contributed by atoms with Gasteiger partial charge in [0.25, 0.3) is 11.3 Å². The Bertz CT molecular complexity index is 916. The molecule has 2 atom stereocenters. The van der Waals surface area contributed by atoms with Gasteiger partial charge in [-0.05, 0) is 41.8 Å². The van der Waals surface area contributed by atoms with Gasteiger partial charge in [0.15, 0.2) is 0 Å². The number of hydrogen-bond acceptors (Lipinski definition) is 1. The average Bonchev–Trinajstić information content (AvgIpc) is 2.68. The fraction of sp³-hybridized carbons (Fsp3) is 0.143. The summed E-state index contributed by atoms with van der Waals surface area (Å²) in [5.74, 6) is 0. The van der Waals surface area contributed by atoms with Gasteiger partial charge in [-0.15, -0.1) is 0 Å². The molecule has 0 saturated carbocycles. The molecule has 3 aromatic carbocycles. The average molecular weight is 405 g/mol. The smallest absolute Gasteiger partial charge is 0.289 e. The topological polar surface area (TPSA) is 40.5 Å². The Morgan fingerprint density at radius 1 is 0.857 bits per heavy atom. The molecule has 1 N–H and O–H groups in total. The molecule has 7 heteroatoms. The molecular weight excluding hydrogens is 387 g/mol. The molecule has 0 heterocycles. The van der Waals surface area contributed by atoms with Gasteiger partial charge in [0.1, 0.15) is 0 Å². The van der Waals surface area contributed by atoms with Crippen LogP contribution in [0.15, 0.2) is 84.9 Å². The second kappa shape index (κ2) is 8.58. The molecule has 0 aliphatic heterocycles. The second-order valence-corrected chi connectivity index (χ2v) is 7.07. The number of rotatable bonds is 6. The van der Waals surface area contributed by atoms with Crippen molar-refractivity contribution < 1.29 is 21.9 Å². The van der Waals surface area contributed by atoms with Gasteiger partial charge in [0.2, 0.25) is 0 Å². The van der Waals surface area contributed by atoms with E-state index in [9.17, 15) is 21.9 Å². The first-order valence-corrected chi connectivity index (χ1v) is 9.59. The largest absolute Gasteiger partial charge is 0.416 e. The lowest BCUT2D eigenvalue weighted by atomic mass is 9.98. The Balaban J connectivity index is 2.02. The van der Waals surface area contributed by atoms with E-state index in [-0.39, 0.29) is 5.69 Å². The molecule has 3 nitrogen and oxygen atoms in total. The Morgan fingerprint density at radius 3 is 1.89 bits per heavy atom.